The average Bonchev–Trinajstić information content (AvgIpc) is 2.89. The van der Waals surface area contributed by atoms with E-state index in [0.717, 1.165) is 0 Å². The second-order valence-electron chi connectivity index (χ2n) is 3.45. The minimum absolute atomic E-state index is 0.379. The summed E-state index contributed by atoms with van der Waals surface area (Å²) in [7, 11) is 0. The lowest BCUT2D eigenvalue weighted by atomic mass is 10.4. The van der Waals surface area contributed by atoms with Crippen LogP contribution in [0.5, 0.6) is 0 Å². The van der Waals surface area contributed by atoms with E-state index in [4.69, 9.17) is 14.7 Å². The Kier molecular flexibility index (Phi) is 3.66. The molecule has 0 fully saturated rings. The van der Waals surface area contributed by atoms with Crippen molar-refractivity contribution >= 4 is 6.01 Å². The quantitative estimate of drug-likeness (QED) is 0.717. The Labute approximate surface area is 97.6 Å². The van der Waals surface area contributed by atoms with Gasteiger partial charge in [0.2, 0.25) is 11.8 Å². The Bertz CT molecular complexity index is 466. The normalized spacial score (nSPS) is 10.7. The van der Waals surface area contributed by atoms with E-state index in [0.29, 0.717) is 49.6 Å². The summed E-state index contributed by atoms with van der Waals surface area (Å²) < 4.78 is 10.2. The van der Waals surface area contributed by atoms with E-state index in [2.05, 4.69) is 25.7 Å². The van der Waals surface area contributed by atoms with Crippen molar-refractivity contribution in [1.82, 2.24) is 20.3 Å². The van der Waals surface area contributed by atoms with Crippen LogP contribution in [-0.2, 0) is 12.8 Å². The molecular weight excluding hydrogens is 224 g/mol. The van der Waals surface area contributed by atoms with Crippen LogP contribution in [-0.4, -0.2) is 33.4 Å². The van der Waals surface area contributed by atoms with Crippen molar-refractivity contribution in [3.63, 3.8) is 0 Å². The fourth-order valence-electron chi connectivity index (χ4n) is 1.27. The molecule has 17 heavy (non-hydrogen) atoms. The summed E-state index contributed by atoms with van der Waals surface area (Å²) in [6.45, 7) is 2.85. The van der Waals surface area contributed by atoms with Gasteiger partial charge < -0.3 is 20.0 Å². The van der Waals surface area contributed by atoms with Crippen molar-refractivity contribution in [3.05, 3.63) is 17.6 Å². The summed E-state index contributed by atoms with van der Waals surface area (Å²) >= 11 is 0. The van der Waals surface area contributed by atoms with Crippen LogP contribution in [0.25, 0.3) is 0 Å². The number of aromatic nitrogens is 4. The highest BCUT2D eigenvalue weighted by Gasteiger charge is 2.06. The third-order valence-electron chi connectivity index (χ3n) is 2.01. The molecule has 2 aromatic rings. The summed E-state index contributed by atoms with van der Waals surface area (Å²) in [6.07, 6.45) is 1.19. The SMILES string of the molecule is Cc1noc(CCNc2nnc(CCN)o2)n1. The van der Waals surface area contributed by atoms with E-state index in [9.17, 15) is 0 Å². The summed E-state index contributed by atoms with van der Waals surface area (Å²) in [5.41, 5.74) is 5.37. The first-order chi connectivity index (χ1) is 8.28. The van der Waals surface area contributed by atoms with Crippen molar-refractivity contribution < 1.29 is 8.94 Å². The van der Waals surface area contributed by atoms with Gasteiger partial charge in [0.25, 0.3) is 0 Å². The molecule has 2 heterocycles. The van der Waals surface area contributed by atoms with E-state index in [-0.39, 0.29) is 0 Å². The largest absolute Gasteiger partial charge is 0.408 e. The van der Waals surface area contributed by atoms with Crippen LogP contribution in [0.1, 0.15) is 17.6 Å². The van der Waals surface area contributed by atoms with Crippen molar-refractivity contribution in [2.24, 2.45) is 5.73 Å². The van der Waals surface area contributed by atoms with Crippen LogP contribution in [0.2, 0.25) is 0 Å². The van der Waals surface area contributed by atoms with Gasteiger partial charge in [0, 0.05) is 25.9 Å². The van der Waals surface area contributed by atoms with Gasteiger partial charge in [-0.3, -0.25) is 0 Å². The van der Waals surface area contributed by atoms with Gasteiger partial charge in [-0.15, -0.1) is 5.10 Å². The molecule has 0 unspecified atom stereocenters. The number of nitrogens with zero attached hydrogens (tertiary/aromatic N) is 4. The molecule has 8 heteroatoms. The summed E-state index contributed by atoms with van der Waals surface area (Å²) in [5.74, 6) is 1.74. The van der Waals surface area contributed by atoms with Crippen molar-refractivity contribution in [3.8, 4) is 0 Å². The molecule has 2 rings (SSSR count). The van der Waals surface area contributed by atoms with Gasteiger partial charge in [-0.25, -0.2) is 0 Å². The molecule has 0 saturated carbocycles. The number of nitrogens with two attached hydrogens (primary N) is 1. The van der Waals surface area contributed by atoms with Gasteiger partial charge in [0.15, 0.2) is 5.82 Å². The molecule has 0 aliphatic heterocycles. The highest BCUT2D eigenvalue weighted by Crippen LogP contribution is 2.05. The predicted molar refractivity (Wildman–Crippen MR) is 58.3 cm³/mol. The third kappa shape index (κ3) is 3.25. The molecule has 0 saturated heterocycles. The number of rotatable bonds is 6. The fourth-order valence-corrected chi connectivity index (χ4v) is 1.27. The summed E-state index contributed by atoms with van der Waals surface area (Å²) in [6, 6.07) is 0.379. The summed E-state index contributed by atoms with van der Waals surface area (Å²) in [5, 5.41) is 14.3. The maximum Gasteiger partial charge on any atom is 0.315 e. The number of hydrogen-bond donors (Lipinski definition) is 2. The minimum atomic E-state index is 0.379. The Morgan fingerprint density at radius 1 is 1.24 bits per heavy atom. The zero-order valence-corrected chi connectivity index (χ0v) is 9.51. The standard InChI is InChI=1S/C9H14N6O2/c1-6-12-7(17-15-6)3-5-11-9-14-13-8(16-9)2-4-10/h2-5,10H2,1H3,(H,11,14). The monoisotopic (exact) mass is 238 g/mol. The molecule has 2 aromatic heterocycles. The maximum absolute atomic E-state index is 5.37. The van der Waals surface area contributed by atoms with Crippen molar-refractivity contribution in [2.45, 2.75) is 19.8 Å². The van der Waals surface area contributed by atoms with Gasteiger partial charge in [-0.05, 0) is 6.92 Å². The maximum atomic E-state index is 5.37. The molecule has 0 atom stereocenters. The highest BCUT2D eigenvalue weighted by atomic mass is 16.5. The highest BCUT2D eigenvalue weighted by molar-refractivity contribution is 5.16. The molecule has 0 aromatic carbocycles. The lowest BCUT2D eigenvalue weighted by Crippen LogP contribution is -2.05. The summed E-state index contributed by atoms with van der Waals surface area (Å²) in [4.78, 5) is 4.08. The number of hydrogen-bond acceptors (Lipinski definition) is 8. The number of nitrogens with one attached hydrogen (secondary N) is 1. The van der Waals surface area contributed by atoms with Crippen molar-refractivity contribution in [2.75, 3.05) is 18.4 Å². The Hall–Kier alpha value is -1.96. The topological polar surface area (TPSA) is 116 Å². The Morgan fingerprint density at radius 3 is 2.82 bits per heavy atom. The van der Waals surface area contributed by atoms with Crippen LogP contribution >= 0.6 is 0 Å². The first-order valence-electron chi connectivity index (χ1n) is 5.33. The van der Waals surface area contributed by atoms with Crippen LogP contribution in [0.15, 0.2) is 8.94 Å². The molecule has 0 radical (unpaired) electrons. The van der Waals surface area contributed by atoms with Crippen LogP contribution in [0.3, 0.4) is 0 Å². The second kappa shape index (κ2) is 5.39. The molecular formula is C9H14N6O2. The molecule has 0 amide bonds. The van der Waals surface area contributed by atoms with Crippen LogP contribution in [0, 0.1) is 6.92 Å². The molecule has 0 aliphatic carbocycles. The van der Waals surface area contributed by atoms with Gasteiger partial charge in [0.1, 0.15) is 0 Å². The van der Waals surface area contributed by atoms with Gasteiger partial charge in [0.05, 0.1) is 0 Å². The first-order valence-corrected chi connectivity index (χ1v) is 5.33. The average molecular weight is 238 g/mol. The van der Waals surface area contributed by atoms with E-state index in [1.54, 1.807) is 6.92 Å². The van der Waals surface area contributed by atoms with E-state index in [1.807, 2.05) is 0 Å². The Balaban J connectivity index is 1.77. The predicted octanol–water partition coefficient (Wildman–Crippen LogP) is -0.0832. The van der Waals surface area contributed by atoms with Gasteiger partial charge in [-0.1, -0.05) is 10.3 Å². The molecule has 3 N–H and O–H groups in total. The lowest BCUT2D eigenvalue weighted by molar-refractivity contribution is 0.376. The van der Waals surface area contributed by atoms with E-state index < -0.39 is 0 Å². The first kappa shape index (κ1) is 11.5. The van der Waals surface area contributed by atoms with Crippen LogP contribution in [0.4, 0.5) is 6.01 Å². The zero-order valence-electron chi connectivity index (χ0n) is 9.51. The molecule has 92 valence electrons. The third-order valence-corrected chi connectivity index (χ3v) is 2.01. The number of aryl methyl sites for hydroxylation is 1. The van der Waals surface area contributed by atoms with Crippen LogP contribution < -0.4 is 11.1 Å². The molecule has 0 aliphatic rings. The second-order valence-corrected chi connectivity index (χ2v) is 3.45. The molecule has 8 nitrogen and oxygen atoms in total. The smallest absolute Gasteiger partial charge is 0.315 e. The number of anilines is 1. The molecule has 0 bridgehead atoms. The zero-order chi connectivity index (χ0) is 12.1. The van der Waals surface area contributed by atoms with Gasteiger partial charge in [-0.2, -0.15) is 4.98 Å². The minimum Gasteiger partial charge on any atom is -0.408 e. The van der Waals surface area contributed by atoms with Gasteiger partial charge >= 0.3 is 6.01 Å². The fraction of sp³-hybridized carbons (Fsp3) is 0.556. The van der Waals surface area contributed by atoms with E-state index in [1.165, 1.54) is 0 Å². The molecule has 0 spiro atoms. The lowest BCUT2D eigenvalue weighted by Gasteiger charge is -1.96. The van der Waals surface area contributed by atoms with Crippen molar-refractivity contribution in [1.29, 1.82) is 0 Å². The van der Waals surface area contributed by atoms with E-state index >= 15 is 0 Å². The Morgan fingerprint density at radius 2 is 2.12 bits per heavy atom.